The lowest BCUT2D eigenvalue weighted by Gasteiger charge is -2.11. The Kier molecular flexibility index (Phi) is 7.66. The molecule has 0 radical (unpaired) electrons. The third-order valence-corrected chi connectivity index (χ3v) is 2.32. The van der Waals surface area contributed by atoms with Gasteiger partial charge in [-0.3, -0.25) is 4.79 Å². The number of hydrogen-bond acceptors (Lipinski definition) is 1. The standard InChI is InChI=1S/C12H22O/c1-4-7-10-12(13)11(8-5-2)9-6-3/h5,11H,2,4,6-10H2,1,3H3. The molecule has 1 unspecified atom stereocenters. The second kappa shape index (κ2) is 8.03. The van der Waals surface area contributed by atoms with Crippen LogP contribution in [0.15, 0.2) is 12.7 Å². The molecule has 0 aliphatic rings. The zero-order valence-electron chi connectivity index (χ0n) is 9.01. The van der Waals surface area contributed by atoms with Crippen molar-refractivity contribution in [3.8, 4) is 0 Å². The van der Waals surface area contributed by atoms with E-state index in [1.807, 2.05) is 6.08 Å². The molecule has 0 N–H and O–H groups in total. The molecule has 0 aliphatic heterocycles. The number of allylic oxidation sites excluding steroid dienone is 1. The molecule has 1 heteroatoms. The molecule has 0 amide bonds. The average molecular weight is 182 g/mol. The molecular formula is C12H22O. The quantitative estimate of drug-likeness (QED) is 0.523. The summed E-state index contributed by atoms with van der Waals surface area (Å²) < 4.78 is 0. The fourth-order valence-electron chi connectivity index (χ4n) is 1.52. The van der Waals surface area contributed by atoms with Crippen molar-refractivity contribution >= 4 is 5.78 Å². The van der Waals surface area contributed by atoms with Gasteiger partial charge in [-0.05, 0) is 19.3 Å². The van der Waals surface area contributed by atoms with E-state index in [1.165, 1.54) is 0 Å². The van der Waals surface area contributed by atoms with E-state index in [0.29, 0.717) is 5.78 Å². The highest BCUT2D eigenvalue weighted by Gasteiger charge is 2.14. The molecule has 0 rings (SSSR count). The van der Waals surface area contributed by atoms with Gasteiger partial charge in [0.25, 0.3) is 0 Å². The molecule has 0 fully saturated rings. The van der Waals surface area contributed by atoms with Crippen LogP contribution in [0.1, 0.15) is 52.4 Å². The van der Waals surface area contributed by atoms with Gasteiger partial charge < -0.3 is 0 Å². The van der Waals surface area contributed by atoms with Gasteiger partial charge in [-0.15, -0.1) is 6.58 Å². The van der Waals surface area contributed by atoms with Crippen LogP contribution in [-0.2, 0) is 4.79 Å². The number of ketones is 1. The lowest BCUT2D eigenvalue weighted by atomic mass is 9.92. The fraction of sp³-hybridized carbons (Fsp3) is 0.750. The summed E-state index contributed by atoms with van der Waals surface area (Å²) in [7, 11) is 0. The summed E-state index contributed by atoms with van der Waals surface area (Å²) in [5.74, 6) is 0.678. The van der Waals surface area contributed by atoms with E-state index < -0.39 is 0 Å². The first-order valence-corrected chi connectivity index (χ1v) is 5.39. The summed E-state index contributed by atoms with van der Waals surface area (Å²) in [6, 6.07) is 0. The Hall–Kier alpha value is -0.590. The van der Waals surface area contributed by atoms with Crippen molar-refractivity contribution in [3.05, 3.63) is 12.7 Å². The van der Waals surface area contributed by atoms with Crippen molar-refractivity contribution in [2.75, 3.05) is 0 Å². The second-order valence-electron chi connectivity index (χ2n) is 3.58. The summed E-state index contributed by atoms with van der Waals surface area (Å²) in [6.45, 7) is 7.94. The van der Waals surface area contributed by atoms with Gasteiger partial charge in [0, 0.05) is 12.3 Å². The highest BCUT2D eigenvalue weighted by atomic mass is 16.1. The Morgan fingerprint density at radius 3 is 2.54 bits per heavy atom. The predicted octanol–water partition coefficient (Wildman–Crippen LogP) is 3.74. The largest absolute Gasteiger partial charge is 0.299 e. The Morgan fingerprint density at radius 1 is 1.38 bits per heavy atom. The van der Waals surface area contributed by atoms with Gasteiger partial charge in [0.2, 0.25) is 0 Å². The molecule has 1 atom stereocenters. The van der Waals surface area contributed by atoms with Crippen molar-refractivity contribution in [1.82, 2.24) is 0 Å². The van der Waals surface area contributed by atoms with Gasteiger partial charge in [-0.25, -0.2) is 0 Å². The van der Waals surface area contributed by atoms with Crippen molar-refractivity contribution in [3.63, 3.8) is 0 Å². The van der Waals surface area contributed by atoms with Crippen LogP contribution < -0.4 is 0 Å². The van der Waals surface area contributed by atoms with Gasteiger partial charge in [0.1, 0.15) is 5.78 Å². The number of carbonyl (C=O) groups is 1. The second-order valence-corrected chi connectivity index (χ2v) is 3.58. The summed E-state index contributed by atoms with van der Waals surface area (Å²) in [4.78, 5) is 11.6. The normalized spacial score (nSPS) is 12.5. The van der Waals surface area contributed by atoms with E-state index in [4.69, 9.17) is 0 Å². The van der Waals surface area contributed by atoms with Crippen molar-refractivity contribution in [2.24, 2.45) is 5.92 Å². The SMILES string of the molecule is C=CCC(CCC)C(=O)CCCC. The maximum Gasteiger partial charge on any atom is 0.136 e. The molecule has 0 bridgehead atoms. The van der Waals surface area contributed by atoms with Crippen molar-refractivity contribution < 1.29 is 4.79 Å². The molecule has 1 nitrogen and oxygen atoms in total. The summed E-state index contributed by atoms with van der Waals surface area (Å²) in [6.07, 6.45) is 7.75. The van der Waals surface area contributed by atoms with Crippen LogP contribution in [0.2, 0.25) is 0 Å². The minimum atomic E-state index is 0.244. The minimum Gasteiger partial charge on any atom is -0.299 e. The lowest BCUT2D eigenvalue weighted by molar-refractivity contribution is -0.123. The first kappa shape index (κ1) is 12.4. The number of unbranched alkanes of at least 4 members (excludes halogenated alkanes) is 1. The predicted molar refractivity (Wildman–Crippen MR) is 57.7 cm³/mol. The van der Waals surface area contributed by atoms with E-state index >= 15 is 0 Å². The van der Waals surface area contributed by atoms with Crippen LogP contribution in [-0.4, -0.2) is 5.78 Å². The van der Waals surface area contributed by atoms with Gasteiger partial charge in [-0.1, -0.05) is 32.8 Å². The first-order valence-electron chi connectivity index (χ1n) is 5.39. The van der Waals surface area contributed by atoms with Crippen LogP contribution in [0.5, 0.6) is 0 Å². The van der Waals surface area contributed by atoms with E-state index in [-0.39, 0.29) is 5.92 Å². The minimum absolute atomic E-state index is 0.244. The Bertz CT molecular complexity index is 149. The Morgan fingerprint density at radius 2 is 2.08 bits per heavy atom. The number of Topliss-reactive ketones (excluding diaryl/α,β-unsaturated/α-hetero) is 1. The van der Waals surface area contributed by atoms with E-state index in [1.54, 1.807) is 0 Å². The smallest absolute Gasteiger partial charge is 0.136 e. The van der Waals surface area contributed by atoms with Gasteiger partial charge in [-0.2, -0.15) is 0 Å². The van der Waals surface area contributed by atoms with E-state index in [0.717, 1.165) is 38.5 Å². The molecule has 0 spiro atoms. The van der Waals surface area contributed by atoms with Crippen LogP contribution in [0, 0.1) is 5.92 Å². The molecular weight excluding hydrogens is 160 g/mol. The van der Waals surface area contributed by atoms with Crippen molar-refractivity contribution in [1.29, 1.82) is 0 Å². The molecule has 0 aliphatic carbocycles. The fourth-order valence-corrected chi connectivity index (χ4v) is 1.52. The maximum absolute atomic E-state index is 11.6. The van der Waals surface area contributed by atoms with E-state index in [9.17, 15) is 4.79 Å². The van der Waals surface area contributed by atoms with Gasteiger partial charge in [0.05, 0.1) is 0 Å². The zero-order valence-corrected chi connectivity index (χ0v) is 9.01. The highest BCUT2D eigenvalue weighted by molar-refractivity contribution is 5.81. The summed E-state index contributed by atoms with van der Waals surface area (Å²) >= 11 is 0. The van der Waals surface area contributed by atoms with Gasteiger partial charge >= 0.3 is 0 Å². The van der Waals surface area contributed by atoms with Crippen LogP contribution >= 0.6 is 0 Å². The first-order chi connectivity index (χ1) is 6.26. The molecule has 13 heavy (non-hydrogen) atoms. The number of hydrogen-bond donors (Lipinski definition) is 0. The van der Waals surface area contributed by atoms with Crippen LogP contribution in [0.4, 0.5) is 0 Å². The average Bonchev–Trinajstić information content (AvgIpc) is 2.14. The lowest BCUT2D eigenvalue weighted by Crippen LogP contribution is -2.13. The molecule has 0 aromatic heterocycles. The van der Waals surface area contributed by atoms with Gasteiger partial charge in [0.15, 0.2) is 0 Å². The third-order valence-electron chi connectivity index (χ3n) is 2.32. The molecule has 76 valence electrons. The summed E-state index contributed by atoms with van der Waals surface area (Å²) in [5, 5.41) is 0. The van der Waals surface area contributed by atoms with E-state index in [2.05, 4.69) is 20.4 Å². The molecule has 0 aromatic carbocycles. The Balaban J connectivity index is 3.87. The number of rotatable bonds is 8. The third kappa shape index (κ3) is 5.62. The maximum atomic E-state index is 11.6. The molecule has 0 heterocycles. The summed E-state index contributed by atoms with van der Waals surface area (Å²) in [5.41, 5.74) is 0. The van der Waals surface area contributed by atoms with Crippen LogP contribution in [0.25, 0.3) is 0 Å². The highest BCUT2D eigenvalue weighted by Crippen LogP contribution is 2.16. The van der Waals surface area contributed by atoms with Crippen LogP contribution in [0.3, 0.4) is 0 Å². The monoisotopic (exact) mass is 182 g/mol. The number of carbonyl (C=O) groups excluding carboxylic acids is 1. The van der Waals surface area contributed by atoms with Crippen molar-refractivity contribution in [2.45, 2.75) is 52.4 Å². The molecule has 0 saturated heterocycles. The molecule has 0 aromatic rings. The Labute approximate surface area is 82.2 Å². The molecule has 0 saturated carbocycles. The zero-order chi connectivity index (χ0) is 10.1. The topological polar surface area (TPSA) is 17.1 Å².